The lowest BCUT2D eigenvalue weighted by atomic mass is 10.3. The third kappa shape index (κ3) is 5.34. The van der Waals surface area contributed by atoms with Crippen LogP contribution < -0.4 is 11.1 Å². The van der Waals surface area contributed by atoms with Crippen molar-refractivity contribution in [3.05, 3.63) is 17.4 Å². The second-order valence-electron chi connectivity index (χ2n) is 3.38. The maximum Gasteiger partial charge on any atom is 0.222 e. The molecule has 92 valence electrons. The van der Waals surface area contributed by atoms with Crippen molar-refractivity contribution in [3.8, 4) is 0 Å². The molecule has 0 bridgehead atoms. The third-order valence-corrected chi connectivity index (χ3v) is 2.13. The van der Waals surface area contributed by atoms with E-state index >= 15 is 0 Å². The van der Waals surface area contributed by atoms with Crippen LogP contribution in [-0.4, -0.2) is 28.3 Å². The second-order valence-corrected chi connectivity index (χ2v) is 3.81. The fourth-order valence-electron chi connectivity index (χ4n) is 1.08. The zero-order valence-electron chi connectivity index (χ0n) is 9.02. The van der Waals surface area contributed by atoms with Crippen LogP contribution in [-0.2, 0) is 11.3 Å². The molecule has 0 saturated carbocycles. The molecule has 0 radical (unpaired) electrons. The maximum absolute atomic E-state index is 11.4. The number of aryl methyl sites for hydroxylation is 1. The lowest BCUT2D eigenvalue weighted by Crippen LogP contribution is -2.38. The number of hydrogen-bond donors (Lipinski definition) is 2. The fraction of sp³-hybridized carbons (Fsp3) is 0.556. The molecule has 7 heteroatoms. The molecular weight excluding hydrogens is 251 g/mol. The number of rotatable bonds is 5. The first-order chi connectivity index (χ1) is 7.11. The van der Waals surface area contributed by atoms with Gasteiger partial charge in [0.15, 0.2) is 0 Å². The Labute approximate surface area is 106 Å². The molecule has 0 aliphatic carbocycles. The summed E-state index contributed by atoms with van der Waals surface area (Å²) in [7, 11) is 0. The normalized spacial score (nSPS) is 11.7. The van der Waals surface area contributed by atoms with E-state index in [1.54, 1.807) is 17.1 Å². The molecular formula is C9H16Cl2N4O. The Kier molecular flexibility index (Phi) is 7.12. The summed E-state index contributed by atoms with van der Waals surface area (Å²) < 4.78 is 1.63. The van der Waals surface area contributed by atoms with Gasteiger partial charge in [-0.1, -0.05) is 11.6 Å². The van der Waals surface area contributed by atoms with Gasteiger partial charge in [-0.2, -0.15) is 5.10 Å². The molecule has 0 aliphatic rings. The van der Waals surface area contributed by atoms with Gasteiger partial charge in [0.1, 0.15) is 0 Å². The Morgan fingerprint density at radius 1 is 1.75 bits per heavy atom. The van der Waals surface area contributed by atoms with Gasteiger partial charge in [0.25, 0.3) is 0 Å². The predicted octanol–water partition coefficient (Wildman–Crippen LogP) is 0.812. The summed E-state index contributed by atoms with van der Waals surface area (Å²) in [6.45, 7) is 2.83. The molecule has 3 N–H and O–H groups in total. The van der Waals surface area contributed by atoms with E-state index in [9.17, 15) is 4.79 Å². The summed E-state index contributed by atoms with van der Waals surface area (Å²) in [6.07, 6.45) is 3.60. The van der Waals surface area contributed by atoms with E-state index in [2.05, 4.69) is 10.4 Å². The average molecular weight is 267 g/mol. The Morgan fingerprint density at radius 3 is 2.94 bits per heavy atom. The van der Waals surface area contributed by atoms with Gasteiger partial charge in [-0.05, 0) is 6.92 Å². The highest BCUT2D eigenvalue weighted by molar-refractivity contribution is 6.30. The summed E-state index contributed by atoms with van der Waals surface area (Å²) in [4.78, 5) is 11.4. The van der Waals surface area contributed by atoms with E-state index in [4.69, 9.17) is 17.3 Å². The zero-order chi connectivity index (χ0) is 11.3. The van der Waals surface area contributed by atoms with Crippen LogP contribution in [0.3, 0.4) is 0 Å². The van der Waals surface area contributed by atoms with Crippen LogP contribution in [0.4, 0.5) is 0 Å². The number of amides is 1. The highest BCUT2D eigenvalue weighted by Gasteiger charge is 2.05. The van der Waals surface area contributed by atoms with Crippen molar-refractivity contribution in [1.29, 1.82) is 0 Å². The number of hydrogen-bond acceptors (Lipinski definition) is 3. The lowest BCUT2D eigenvalue weighted by Gasteiger charge is -2.10. The van der Waals surface area contributed by atoms with Crippen LogP contribution in [0.2, 0.25) is 5.02 Å². The van der Waals surface area contributed by atoms with Crippen LogP contribution in [0.25, 0.3) is 0 Å². The van der Waals surface area contributed by atoms with E-state index in [1.807, 2.05) is 6.92 Å². The minimum absolute atomic E-state index is 0. The van der Waals surface area contributed by atoms with Crippen LogP contribution in [0.15, 0.2) is 12.4 Å². The zero-order valence-corrected chi connectivity index (χ0v) is 10.6. The predicted molar refractivity (Wildman–Crippen MR) is 65.8 cm³/mol. The molecule has 1 aromatic rings. The van der Waals surface area contributed by atoms with E-state index in [0.29, 0.717) is 24.5 Å². The highest BCUT2D eigenvalue weighted by Crippen LogP contribution is 2.04. The molecule has 0 aliphatic heterocycles. The van der Waals surface area contributed by atoms with Crippen LogP contribution >= 0.6 is 24.0 Å². The number of nitrogens with two attached hydrogens (primary N) is 1. The van der Waals surface area contributed by atoms with Gasteiger partial charge in [-0.3, -0.25) is 9.48 Å². The molecule has 0 fully saturated rings. The van der Waals surface area contributed by atoms with Crippen LogP contribution in [0.1, 0.15) is 13.3 Å². The summed E-state index contributed by atoms with van der Waals surface area (Å²) in [6, 6.07) is 0.0127. The first kappa shape index (κ1) is 15.2. The van der Waals surface area contributed by atoms with Gasteiger partial charge in [0, 0.05) is 31.7 Å². The van der Waals surface area contributed by atoms with Gasteiger partial charge >= 0.3 is 0 Å². The van der Waals surface area contributed by atoms with Gasteiger partial charge in [-0.15, -0.1) is 12.4 Å². The second kappa shape index (κ2) is 7.49. The van der Waals surface area contributed by atoms with Gasteiger partial charge in [-0.25, -0.2) is 0 Å². The number of carbonyl (C=O) groups excluding carboxylic acids is 1. The summed E-state index contributed by atoms with van der Waals surface area (Å²) in [5.74, 6) is -0.0282. The maximum atomic E-state index is 11.4. The Balaban J connectivity index is 0.00000225. The van der Waals surface area contributed by atoms with E-state index in [-0.39, 0.29) is 24.4 Å². The quantitative estimate of drug-likeness (QED) is 0.829. The largest absolute Gasteiger partial charge is 0.352 e. The SMILES string of the molecule is C[C@@H](CN)NC(=O)CCn1cc(Cl)cn1.Cl. The monoisotopic (exact) mass is 266 g/mol. The first-order valence-corrected chi connectivity index (χ1v) is 5.17. The van der Waals surface area contributed by atoms with E-state index < -0.39 is 0 Å². The first-order valence-electron chi connectivity index (χ1n) is 4.79. The van der Waals surface area contributed by atoms with Gasteiger partial charge in [0.2, 0.25) is 5.91 Å². The van der Waals surface area contributed by atoms with Crippen LogP contribution in [0, 0.1) is 0 Å². The molecule has 0 spiro atoms. The van der Waals surface area contributed by atoms with Gasteiger partial charge < -0.3 is 11.1 Å². The van der Waals surface area contributed by atoms with Crippen LogP contribution in [0.5, 0.6) is 0 Å². The average Bonchev–Trinajstić information content (AvgIpc) is 2.61. The smallest absolute Gasteiger partial charge is 0.222 e. The van der Waals surface area contributed by atoms with Crippen molar-refractivity contribution < 1.29 is 4.79 Å². The molecule has 1 aromatic heterocycles. The van der Waals surface area contributed by atoms with Crippen molar-refractivity contribution in [2.45, 2.75) is 25.9 Å². The van der Waals surface area contributed by atoms with Crippen molar-refractivity contribution >= 4 is 29.9 Å². The van der Waals surface area contributed by atoms with Crippen molar-refractivity contribution in [2.24, 2.45) is 5.73 Å². The number of nitrogens with zero attached hydrogens (tertiary/aromatic N) is 2. The summed E-state index contributed by atoms with van der Waals surface area (Å²) >= 11 is 5.68. The molecule has 0 saturated heterocycles. The van der Waals surface area contributed by atoms with Gasteiger partial charge in [0.05, 0.1) is 11.2 Å². The molecule has 0 aromatic carbocycles. The molecule has 1 atom stereocenters. The number of halogens is 2. The molecule has 1 amide bonds. The molecule has 16 heavy (non-hydrogen) atoms. The molecule has 1 rings (SSSR count). The summed E-state index contributed by atoms with van der Waals surface area (Å²) in [5.41, 5.74) is 5.38. The minimum atomic E-state index is -0.0282. The molecule has 0 unspecified atom stereocenters. The Hall–Kier alpha value is -0.780. The Morgan fingerprint density at radius 2 is 2.44 bits per heavy atom. The van der Waals surface area contributed by atoms with Crippen molar-refractivity contribution in [1.82, 2.24) is 15.1 Å². The lowest BCUT2D eigenvalue weighted by molar-refractivity contribution is -0.121. The van der Waals surface area contributed by atoms with Crippen molar-refractivity contribution in [2.75, 3.05) is 6.54 Å². The highest BCUT2D eigenvalue weighted by atomic mass is 35.5. The number of carbonyl (C=O) groups is 1. The Bertz CT molecular complexity index is 329. The van der Waals surface area contributed by atoms with E-state index in [0.717, 1.165) is 0 Å². The van der Waals surface area contributed by atoms with Crippen molar-refractivity contribution in [3.63, 3.8) is 0 Å². The molecule has 1 heterocycles. The summed E-state index contributed by atoms with van der Waals surface area (Å²) in [5, 5.41) is 7.31. The minimum Gasteiger partial charge on any atom is -0.352 e. The van der Waals surface area contributed by atoms with E-state index in [1.165, 1.54) is 0 Å². The standard InChI is InChI=1S/C9H15ClN4O.ClH/c1-7(4-11)13-9(15)2-3-14-6-8(10)5-12-14;/h5-7H,2-4,11H2,1H3,(H,13,15);1H/t7-;/m0./s1. The third-order valence-electron chi connectivity index (χ3n) is 1.93. The molecule has 5 nitrogen and oxygen atoms in total. The fourth-order valence-corrected chi connectivity index (χ4v) is 1.24. The number of nitrogens with one attached hydrogen (secondary N) is 1. The topological polar surface area (TPSA) is 72.9 Å². The number of aromatic nitrogens is 2.